The van der Waals surface area contributed by atoms with Gasteiger partial charge in [-0.05, 0) is 38.0 Å². The first-order valence-corrected chi connectivity index (χ1v) is 5.91. The van der Waals surface area contributed by atoms with Crippen LogP contribution in [0, 0.1) is 0 Å². The molecule has 4 nitrogen and oxygen atoms in total. The molecule has 0 saturated heterocycles. The number of anilines is 2. The number of hydrogen-bond donors (Lipinski definition) is 3. The van der Waals surface area contributed by atoms with Gasteiger partial charge >= 0.3 is 5.97 Å². The largest absolute Gasteiger partial charge is 0.478 e. The van der Waals surface area contributed by atoms with Gasteiger partial charge in [-0.3, -0.25) is 0 Å². The smallest absolute Gasteiger partial charge is 0.337 e. The van der Waals surface area contributed by atoms with Gasteiger partial charge in [0.05, 0.1) is 5.56 Å². The molecule has 92 valence electrons. The minimum absolute atomic E-state index is 0.0892. The lowest BCUT2D eigenvalue weighted by atomic mass is 10.00. The van der Waals surface area contributed by atoms with Crippen LogP contribution in [0.15, 0.2) is 18.2 Å². The standard InChI is InChI=1S/C13H18N2O2/c1-13(6-2-3-7-13)15-9-4-5-11(14)10(8-9)12(16)17/h4-5,8,15H,2-3,6-7,14H2,1H3,(H,16,17). The SMILES string of the molecule is CC1(Nc2ccc(N)c(C(=O)O)c2)CCCC1. The average molecular weight is 234 g/mol. The van der Waals surface area contributed by atoms with Crippen LogP contribution in [0.25, 0.3) is 0 Å². The third-order valence-corrected chi connectivity index (χ3v) is 3.44. The summed E-state index contributed by atoms with van der Waals surface area (Å²) in [6, 6.07) is 5.09. The molecule has 4 heteroatoms. The lowest BCUT2D eigenvalue weighted by molar-refractivity contribution is 0.0698. The van der Waals surface area contributed by atoms with Crippen LogP contribution < -0.4 is 11.1 Å². The van der Waals surface area contributed by atoms with Crippen LogP contribution in [0.5, 0.6) is 0 Å². The molecule has 4 N–H and O–H groups in total. The Morgan fingerprint density at radius 2 is 2.06 bits per heavy atom. The van der Waals surface area contributed by atoms with E-state index in [1.54, 1.807) is 12.1 Å². The van der Waals surface area contributed by atoms with Crippen molar-refractivity contribution in [1.29, 1.82) is 0 Å². The maximum atomic E-state index is 11.0. The summed E-state index contributed by atoms with van der Waals surface area (Å²) >= 11 is 0. The lowest BCUT2D eigenvalue weighted by Crippen LogP contribution is -2.30. The van der Waals surface area contributed by atoms with E-state index in [0.717, 1.165) is 18.5 Å². The van der Waals surface area contributed by atoms with Crippen molar-refractivity contribution in [2.75, 3.05) is 11.1 Å². The molecule has 0 amide bonds. The number of nitrogens with one attached hydrogen (secondary N) is 1. The molecule has 1 aromatic carbocycles. The van der Waals surface area contributed by atoms with Gasteiger partial charge in [-0.1, -0.05) is 12.8 Å². The average Bonchev–Trinajstić information content (AvgIpc) is 2.67. The Labute approximate surface area is 101 Å². The molecule has 0 radical (unpaired) electrons. The molecular formula is C13H18N2O2. The van der Waals surface area contributed by atoms with E-state index in [1.165, 1.54) is 12.8 Å². The summed E-state index contributed by atoms with van der Waals surface area (Å²) in [7, 11) is 0. The van der Waals surface area contributed by atoms with Gasteiger partial charge in [0.2, 0.25) is 0 Å². The zero-order chi connectivity index (χ0) is 12.5. The molecule has 0 aromatic heterocycles. The Kier molecular flexibility index (Phi) is 2.96. The fraction of sp³-hybridized carbons (Fsp3) is 0.462. The lowest BCUT2D eigenvalue weighted by Gasteiger charge is -2.27. The van der Waals surface area contributed by atoms with E-state index < -0.39 is 5.97 Å². The zero-order valence-electron chi connectivity index (χ0n) is 9.99. The second-order valence-electron chi connectivity index (χ2n) is 5.00. The number of carboxylic acids is 1. The molecule has 0 unspecified atom stereocenters. The summed E-state index contributed by atoms with van der Waals surface area (Å²) < 4.78 is 0. The highest BCUT2D eigenvalue weighted by Gasteiger charge is 2.28. The summed E-state index contributed by atoms with van der Waals surface area (Å²) in [5.41, 5.74) is 7.02. The second-order valence-corrected chi connectivity index (χ2v) is 5.00. The van der Waals surface area contributed by atoms with Crippen LogP contribution in [-0.2, 0) is 0 Å². The molecule has 0 heterocycles. The van der Waals surface area contributed by atoms with Crippen molar-refractivity contribution < 1.29 is 9.90 Å². The van der Waals surface area contributed by atoms with E-state index in [1.807, 2.05) is 6.07 Å². The Hall–Kier alpha value is -1.71. The summed E-state index contributed by atoms with van der Waals surface area (Å²) in [4.78, 5) is 11.0. The van der Waals surface area contributed by atoms with Gasteiger partial charge in [-0.25, -0.2) is 4.79 Å². The highest BCUT2D eigenvalue weighted by atomic mass is 16.4. The maximum absolute atomic E-state index is 11.0. The van der Waals surface area contributed by atoms with Crippen molar-refractivity contribution in [2.45, 2.75) is 38.1 Å². The number of benzene rings is 1. The van der Waals surface area contributed by atoms with E-state index in [2.05, 4.69) is 12.2 Å². The van der Waals surface area contributed by atoms with Crippen molar-refractivity contribution in [3.8, 4) is 0 Å². The number of hydrogen-bond acceptors (Lipinski definition) is 3. The number of carboxylic acid groups (broad SMARTS) is 1. The first kappa shape index (κ1) is 11.8. The van der Waals surface area contributed by atoms with Crippen molar-refractivity contribution in [3.63, 3.8) is 0 Å². The first-order valence-electron chi connectivity index (χ1n) is 5.91. The van der Waals surface area contributed by atoms with Crippen molar-refractivity contribution in [2.24, 2.45) is 0 Å². The quantitative estimate of drug-likeness (QED) is 0.703. The van der Waals surface area contributed by atoms with Crippen LogP contribution >= 0.6 is 0 Å². The molecule has 0 spiro atoms. The third-order valence-electron chi connectivity index (χ3n) is 3.44. The molecule has 17 heavy (non-hydrogen) atoms. The molecule has 1 fully saturated rings. The van der Waals surface area contributed by atoms with Crippen molar-refractivity contribution in [1.82, 2.24) is 0 Å². The minimum atomic E-state index is -0.984. The normalized spacial score (nSPS) is 17.9. The summed E-state index contributed by atoms with van der Waals surface area (Å²) in [5.74, 6) is -0.984. The molecule has 1 aromatic rings. The minimum Gasteiger partial charge on any atom is -0.478 e. The van der Waals surface area contributed by atoms with Gasteiger partial charge in [0.25, 0.3) is 0 Å². The molecule has 0 atom stereocenters. The molecule has 0 aliphatic heterocycles. The van der Waals surface area contributed by atoms with E-state index in [-0.39, 0.29) is 11.1 Å². The molecule has 2 rings (SSSR count). The van der Waals surface area contributed by atoms with E-state index in [9.17, 15) is 4.79 Å². The van der Waals surface area contributed by atoms with Crippen LogP contribution in [0.1, 0.15) is 43.0 Å². The van der Waals surface area contributed by atoms with Gasteiger partial charge in [-0.2, -0.15) is 0 Å². The van der Waals surface area contributed by atoms with E-state index in [4.69, 9.17) is 10.8 Å². The fourth-order valence-electron chi connectivity index (χ4n) is 2.45. The number of aromatic carboxylic acids is 1. The zero-order valence-corrected chi connectivity index (χ0v) is 9.99. The Morgan fingerprint density at radius 3 is 2.65 bits per heavy atom. The Bertz CT molecular complexity index is 437. The third kappa shape index (κ3) is 2.52. The molecule has 1 aliphatic carbocycles. The van der Waals surface area contributed by atoms with Gasteiger partial charge in [0.15, 0.2) is 0 Å². The number of rotatable bonds is 3. The topological polar surface area (TPSA) is 75.3 Å². The highest BCUT2D eigenvalue weighted by molar-refractivity contribution is 5.94. The summed E-state index contributed by atoms with van der Waals surface area (Å²) in [5, 5.41) is 12.4. The predicted octanol–water partition coefficient (Wildman–Crippen LogP) is 2.71. The van der Waals surface area contributed by atoms with Crippen LogP contribution in [0.4, 0.5) is 11.4 Å². The van der Waals surface area contributed by atoms with Gasteiger partial charge in [-0.15, -0.1) is 0 Å². The van der Waals surface area contributed by atoms with Gasteiger partial charge < -0.3 is 16.2 Å². The first-order chi connectivity index (χ1) is 8.00. The van der Waals surface area contributed by atoms with Gasteiger partial charge in [0.1, 0.15) is 0 Å². The van der Waals surface area contributed by atoms with Gasteiger partial charge in [0, 0.05) is 16.9 Å². The molecule has 1 aliphatic rings. The van der Waals surface area contributed by atoms with E-state index >= 15 is 0 Å². The van der Waals surface area contributed by atoms with Crippen LogP contribution in [-0.4, -0.2) is 16.6 Å². The number of nitrogen functional groups attached to an aromatic ring is 1. The second kappa shape index (κ2) is 4.28. The van der Waals surface area contributed by atoms with Crippen LogP contribution in [0.3, 0.4) is 0 Å². The van der Waals surface area contributed by atoms with Crippen molar-refractivity contribution in [3.05, 3.63) is 23.8 Å². The molecule has 1 saturated carbocycles. The summed E-state index contributed by atoms with van der Waals surface area (Å²) in [6.07, 6.45) is 4.70. The number of carbonyl (C=O) groups is 1. The number of nitrogens with two attached hydrogens (primary N) is 1. The Morgan fingerprint density at radius 1 is 1.41 bits per heavy atom. The maximum Gasteiger partial charge on any atom is 0.337 e. The molecule has 0 bridgehead atoms. The Balaban J connectivity index is 2.22. The monoisotopic (exact) mass is 234 g/mol. The predicted molar refractivity (Wildman–Crippen MR) is 68.3 cm³/mol. The van der Waals surface area contributed by atoms with Crippen molar-refractivity contribution >= 4 is 17.3 Å². The fourth-order valence-corrected chi connectivity index (χ4v) is 2.45. The van der Waals surface area contributed by atoms with E-state index in [0.29, 0.717) is 5.69 Å². The summed E-state index contributed by atoms with van der Waals surface area (Å²) in [6.45, 7) is 2.18. The molecular weight excluding hydrogens is 216 g/mol. The van der Waals surface area contributed by atoms with Crippen LogP contribution in [0.2, 0.25) is 0 Å². The highest BCUT2D eigenvalue weighted by Crippen LogP contribution is 2.33.